The Morgan fingerprint density at radius 3 is 2.72 bits per heavy atom. The zero-order valence-electron chi connectivity index (χ0n) is 16.1. The lowest BCUT2D eigenvalue weighted by Gasteiger charge is -2.38. The monoisotopic (exact) mass is 392 g/mol. The lowest BCUT2D eigenvalue weighted by molar-refractivity contribution is 0.0179. The number of carbonyl (C=O) groups is 1. The minimum Gasteiger partial charge on any atom is -0.487 e. The summed E-state index contributed by atoms with van der Waals surface area (Å²) in [5, 5.41) is 7.64. The van der Waals surface area contributed by atoms with Crippen molar-refractivity contribution < 1.29 is 9.53 Å². The number of para-hydroxylation sites is 1. The van der Waals surface area contributed by atoms with Crippen molar-refractivity contribution in [3.8, 4) is 5.75 Å². The Hall–Kier alpha value is -3.13. The van der Waals surface area contributed by atoms with Gasteiger partial charge in [0.25, 0.3) is 5.91 Å². The molecular weight excluding hydrogens is 368 g/mol. The number of aromatic amines is 1. The largest absolute Gasteiger partial charge is 0.487 e. The maximum atomic E-state index is 13.1. The minimum absolute atomic E-state index is 0.0210. The van der Waals surface area contributed by atoms with Crippen molar-refractivity contribution in [1.82, 2.24) is 25.2 Å². The van der Waals surface area contributed by atoms with E-state index in [1.54, 1.807) is 11.1 Å². The highest BCUT2D eigenvalue weighted by Crippen LogP contribution is 2.28. The van der Waals surface area contributed by atoms with Crippen LogP contribution in [0.15, 0.2) is 42.9 Å². The molecule has 0 radical (unpaired) electrons. The number of likely N-dealkylation sites (tertiary alicyclic amines) is 1. The van der Waals surface area contributed by atoms with Crippen LogP contribution in [0, 0.1) is 0 Å². The predicted octanol–water partition coefficient (Wildman–Crippen LogP) is 2.03. The SMILES string of the molecule is O=C(c1c[nH]c2ncnc(NC3CCNCC3)c12)N1CC(Oc2ccccc2)C1. The van der Waals surface area contributed by atoms with E-state index in [-0.39, 0.29) is 12.0 Å². The topological polar surface area (TPSA) is 95.2 Å². The third-order valence-electron chi connectivity index (χ3n) is 5.56. The summed E-state index contributed by atoms with van der Waals surface area (Å²) in [5.41, 5.74) is 1.28. The lowest BCUT2D eigenvalue weighted by Crippen LogP contribution is -2.56. The van der Waals surface area contributed by atoms with E-state index in [0.29, 0.717) is 30.3 Å². The molecule has 5 rings (SSSR count). The number of ether oxygens (including phenoxy) is 1. The molecule has 0 unspecified atom stereocenters. The molecule has 1 amide bonds. The molecule has 2 aliphatic heterocycles. The number of nitrogens with one attached hydrogen (secondary N) is 3. The van der Waals surface area contributed by atoms with Crippen molar-refractivity contribution in [1.29, 1.82) is 0 Å². The van der Waals surface area contributed by atoms with Crippen molar-refractivity contribution in [3.05, 3.63) is 48.4 Å². The third-order valence-corrected chi connectivity index (χ3v) is 5.56. The van der Waals surface area contributed by atoms with Crippen LogP contribution in [0.4, 0.5) is 5.82 Å². The molecule has 8 nitrogen and oxygen atoms in total. The van der Waals surface area contributed by atoms with E-state index in [0.717, 1.165) is 42.9 Å². The average molecular weight is 392 g/mol. The molecule has 2 fully saturated rings. The summed E-state index contributed by atoms with van der Waals surface area (Å²) in [6.07, 6.45) is 5.35. The number of carbonyl (C=O) groups excluding carboxylic acids is 1. The van der Waals surface area contributed by atoms with Crippen LogP contribution in [-0.4, -0.2) is 64.1 Å². The van der Waals surface area contributed by atoms with Crippen LogP contribution in [-0.2, 0) is 0 Å². The van der Waals surface area contributed by atoms with Gasteiger partial charge < -0.3 is 25.3 Å². The molecule has 1 aromatic carbocycles. The Labute approximate surface area is 168 Å². The van der Waals surface area contributed by atoms with E-state index in [9.17, 15) is 4.79 Å². The molecule has 0 atom stereocenters. The normalized spacial score (nSPS) is 17.9. The maximum Gasteiger partial charge on any atom is 0.256 e. The smallest absolute Gasteiger partial charge is 0.256 e. The van der Waals surface area contributed by atoms with Crippen LogP contribution < -0.4 is 15.4 Å². The predicted molar refractivity (Wildman–Crippen MR) is 110 cm³/mol. The summed E-state index contributed by atoms with van der Waals surface area (Å²) >= 11 is 0. The molecule has 8 heteroatoms. The number of hydrogen-bond acceptors (Lipinski definition) is 6. The molecular formula is C21H24N6O2. The van der Waals surface area contributed by atoms with Gasteiger partial charge in [0.2, 0.25) is 0 Å². The second kappa shape index (κ2) is 7.71. The summed E-state index contributed by atoms with van der Waals surface area (Å²) < 4.78 is 5.92. The number of hydrogen-bond donors (Lipinski definition) is 3. The van der Waals surface area contributed by atoms with E-state index in [4.69, 9.17) is 4.74 Å². The zero-order chi connectivity index (χ0) is 19.6. The first-order valence-electron chi connectivity index (χ1n) is 10.1. The van der Waals surface area contributed by atoms with Gasteiger partial charge in [0, 0.05) is 12.2 Å². The molecule has 4 heterocycles. The summed E-state index contributed by atoms with van der Waals surface area (Å²) in [6, 6.07) is 10.1. The van der Waals surface area contributed by atoms with Gasteiger partial charge in [-0.2, -0.15) is 0 Å². The highest BCUT2D eigenvalue weighted by Gasteiger charge is 2.34. The fourth-order valence-corrected chi connectivity index (χ4v) is 3.94. The van der Waals surface area contributed by atoms with Crippen LogP contribution in [0.2, 0.25) is 0 Å². The van der Waals surface area contributed by atoms with E-state index in [1.807, 2.05) is 30.3 Å². The zero-order valence-corrected chi connectivity index (χ0v) is 16.1. The highest BCUT2D eigenvalue weighted by atomic mass is 16.5. The summed E-state index contributed by atoms with van der Waals surface area (Å²) in [6.45, 7) is 3.12. The maximum absolute atomic E-state index is 13.1. The van der Waals surface area contributed by atoms with Gasteiger partial charge in [0.05, 0.1) is 24.0 Å². The van der Waals surface area contributed by atoms with Gasteiger partial charge in [-0.25, -0.2) is 9.97 Å². The molecule has 29 heavy (non-hydrogen) atoms. The molecule has 150 valence electrons. The van der Waals surface area contributed by atoms with Crippen molar-refractivity contribution in [2.24, 2.45) is 0 Å². The van der Waals surface area contributed by atoms with Crippen molar-refractivity contribution >= 4 is 22.8 Å². The summed E-state index contributed by atoms with van der Waals surface area (Å²) in [7, 11) is 0. The first-order chi connectivity index (χ1) is 14.3. The fraction of sp³-hybridized carbons (Fsp3) is 0.381. The first kappa shape index (κ1) is 17.9. The lowest BCUT2D eigenvalue weighted by atomic mass is 10.1. The van der Waals surface area contributed by atoms with Crippen molar-refractivity contribution in [3.63, 3.8) is 0 Å². The molecule has 3 N–H and O–H groups in total. The minimum atomic E-state index is -0.0210. The molecule has 2 aromatic heterocycles. The van der Waals surface area contributed by atoms with Gasteiger partial charge in [-0.15, -0.1) is 0 Å². The van der Waals surface area contributed by atoms with E-state index in [1.165, 1.54) is 6.33 Å². The fourth-order valence-electron chi connectivity index (χ4n) is 3.94. The number of H-pyrrole nitrogens is 1. The van der Waals surface area contributed by atoms with E-state index >= 15 is 0 Å². The number of amides is 1. The Balaban J connectivity index is 1.30. The quantitative estimate of drug-likeness (QED) is 0.615. The van der Waals surface area contributed by atoms with Crippen LogP contribution in [0.3, 0.4) is 0 Å². The standard InChI is InChI=1S/C21H24N6O2/c28-21(27-11-16(12-27)29-15-4-2-1-3-5-15)17-10-23-19-18(17)20(25-13-24-19)26-14-6-8-22-9-7-14/h1-5,10,13-14,16,22H,6-9,11-12H2,(H2,23,24,25,26). The van der Waals surface area contributed by atoms with Crippen LogP contribution in [0.25, 0.3) is 11.0 Å². The number of benzene rings is 1. The summed E-state index contributed by atoms with van der Waals surface area (Å²) in [5.74, 6) is 1.54. The second-order valence-electron chi connectivity index (χ2n) is 7.58. The Kier molecular flexibility index (Phi) is 4.77. The van der Waals surface area contributed by atoms with E-state index < -0.39 is 0 Å². The molecule has 2 aliphatic rings. The van der Waals surface area contributed by atoms with Crippen LogP contribution in [0.1, 0.15) is 23.2 Å². The summed E-state index contributed by atoms with van der Waals surface area (Å²) in [4.78, 5) is 26.8. The molecule has 0 bridgehead atoms. The average Bonchev–Trinajstić information content (AvgIpc) is 3.17. The van der Waals surface area contributed by atoms with Crippen molar-refractivity contribution in [2.75, 3.05) is 31.5 Å². The van der Waals surface area contributed by atoms with Gasteiger partial charge in [-0.05, 0) is 38.1 Å². The third kappa shape index (κ3) is 3.63. The Morgan fingerprint density at radius 2 is 1.93 bits per heavy atom. The molecule has 0 spiro atoms. The van der Waals surface area contributed by atoms with Crippen molar-refractivity contribution in [2.45, 2.75) is 25.0 Å². The number of piperidine rings is 1. The Bertz CT molecular complexity index is 993. The number of fused-ring (bicyclic) bond motifs is 1. The molecule has 3 aromatic rings. The van der Waals surface area contributed by atoms with Gasteiger partial charge in [0.1, 0.15) is 29.6 Å². The molecule has 0 aliphatic carbocycles. The first-order valence-corrected chi connectivity index (χ1v) is 10.1. The highest BCUT2D eigenvalue weighted by molar-refractivity contribution is 6.09. The van der Waals surface area contributed by atoms with Crippen LogP contribution in [0.5, 0.6) is 5.75 Å². The van der Waals surface area contributed by atoms with E-state index in [2.05, 4.69) is 25.6 Å². The Morgan fingerprint density at radius 1 is 1.14 bits per heavy atom. The molecule has 2 saturated heterocycles. The number of rotatable bonds is 5. The van der Waals surface area contributed by atoms with Gasteiger partial charge in [0.15, 0.2) is 0 Å². The van der Waals surface area contributed by atoms with Gasteiger partial charge >= 0.3 is 0 Å². The number of aromatic nitrogens is 3. The van der Waals surface area contributed by atoms with Gasteiger partial charge in [-0.3, -0.25) is 4.79 Å². The molecule has 0 saturated carbocycles. The van der Waals surface area contributed by atoms with Crippen LogP contribution >= 0.6 is 0 Å². The second-order valence-corrected chi connectivity index (χ2v) is 7.58. The van der Waals surface area contributed by atoms with Gasteiger partial charge in [-0.1, -0.05) is 18.2 Å². The number of anilines is 1. The number of nitrogens with zero attached hydrogens (tertiary/aromatic N) is 3.